The van der Waals surface area contributed by atoms with E-state index in [1.165, 1.54) is 5.56 Å². The topological polar surface area (TPSA) is 62.5 Å². The molecule has 1 aromatic heterocycles. The van der Waals surface area contributed by atoms with E-state index in [1.807, 2.05) is 29.2 Å². The molecule has 1 atom stereocenters. The molecule has 1 aromatic carbocycles. The number of benzene rings is 1. The summed E-state index contributed by atoms with van der Waals surface area (Å²) in [6, 6.07) is 8.30. The molecular formula is C21H27ClN4O2. The Bertz CT molecular complexity index is 831. The lowest BCUT2D eigenvalue weighted by molar-refractivity contribution is -0.133. The SMILES string of the molecule is C[C@@H]1CN(C(=O)CCc2nnc(C3(c4ccc(Cl)cc4)CCC3)o2)CCN1C. The molecule has 2 aliphatic rings. The Kier molecular flexibility index (Phi) is 5.43. The molecule has 0 radical (unpaired) electrons. The largest absolute Gasteiger partial charge is 0.424 e. The van der Waals surface area contributed by atoms with Crippen molar-refractivity contribution in [2.24, 2.45) is 0 Å². The van der Waals surface area contributed by atoms with Crippen molar-refractivity contribution in [3.05, 3.63) is 46.6 Å². The highest BCUT2D eigenvalue weighted by Gasteiger charge is 2.45. The monoisotopic (exact) mass is 402 g/mol. The predicted octanol–water partition coefficient (Wildman–Crippen LogP) is 3.29. The second-order valence-corrected chi connectivity index (χ2v) is 8.55. The van der Waals surface area contributed by atoms with Gasteiger partial charge in [0.1, 0.15) is 0 Å². The minimum Gasteiger partial charge on any atom is -0.424 e. The van der Waals surface area contributed by atoms with E-state index in [0.717, 1.165) is 43.9 Å². The standard InChI is InChI=1S/C21H27ClN4O2/c1-15-14-26(13-12-25(15)2)19(27)9-8-18-23-24-20(28-18)21(10-3-11-21)16-4-6-17(22)7-5-16/h4-7,15H,3,8-14H2,1-2H3/t15-/m1/s1. The van der Waals surface area contributed by atoms with Gasteiger partial charge in [-0.2, -0.15) is 0 Å². The first-order valence-electron chi connectivity index (χ1n) is 10.0. The fourth-order valence-corrected chi connectivity index (χ4v) is 4.25. The number of halogens is 1. The van der Waals surface area contributed by atoms with Crippen molar-refractivity contribution in [1.29, 1.82) is 0 Å². The Labute approximate surface area is 170 Å². The summed E-state index contributed by atoms with van der Waals surface area (Å²) in [5, 5.41) is 9.29. The van der Waals surface area contributed by atoms with Gasteiger partial charge >= 0.3 is 0 Å². The number of likely N-dealkylation sites (N-methyl/N-ethyl adjacent to an activating group) is 1. The molecule has 2 fully saturated rings. The summed E-state index contributed by atoms with van der Waals surface area (Å²) in [6.45, 7) is 4.64. The number of rotatable bonds is 5. The van der Waals surface area contributed by atoms with Gasteiger partial charge in [-0.1, -0.05) is 30.2 Å². The van der Waals surface area contributed by atoms with Gasteiger partial charge in [0.25, 0.3) is 0 Å². The van der Waals surface area contributed by atoms with Crippen LogP contribution in [-0.4, -0.2) is 58.6 Å². The molecular weight excluding hydrogens is 376 g/mol. The third-order valence-corrected chi connectivity index (χ3v) is 6.60. The number of piperazine rings is 1. The van der Waals surface area contributed by atoms with Crippen LogP contribution in [0.1, 0.15) is 50.0 Å². The van der Waals surface area contributed by atoms with Crippen molar-refractivity contribution in [3.8, 4) is 0 Å². The Morgan fingerprint density at radius 3 is 2.64 bits per heavy atom. The summed E-state index contributed by atoms with van der Waals surface area (Å²) >= 11 is 6.04. The molecule has 6 nitrogen and oxygen atoms in total. The summed E-state index contributed by atoms with van der Waals surface area (Å²) in [4.78, 5) is 16.8. The van der Waals surface area contributed by atoms with Gasteiger partial charge in [-0.15, -0.1) is 10.2 Å². The third-order valence-electron chi connectivity index (χ3n) is 6.35. The van der Waals surface area contributed by atoms with Crippen LogP contribution in [0.5, 0.6) is 0 Å². The Hall–Kier alpha value is -1.92. The quantitative estimate of drug-likeness (QED) is 0.767. The Balaban J connectivity index is 1.40. The minimum absolute atomic E-state index is 0.163. The van der Waals surface area contributed by atoms with Crippen molar-refractivity contribution in [2.45, 2.75) is 50.5 Å². The van der Waals surface area contributed by atoms with E-state index in [2.05, 4.69) is 29.1 Å². The summed E-state index contributed by atoms with van der Waals surface area (Å²) in [7, 11) is 2.10. The number of aryl methyl sites for hydroxylation is 1. The molecule has 2 heterocycles. The number of hydrogen-bond donors (Lipinski definition) is 0. The van der Waals surface area contributed by atoms with Gasteiger partial charge in [0.15, 0.2) is 0 Å². The number of carbonyl (C=O) groups excluding carboxylic acids is 1. The summed E-state index contributed by atoms with van der Waals surface area (Å²) < 4.78 is 6.02. The number of aromatic nitrogens is 2. The molecule has 28 heavy (non-hydrogen) atoms. The minimum atomic E-state index is -0.202. The van der Waals surface area contributed by atoms with Crippen LogP contribution in [0.15, 0.2) is 28.7 Å². The maximum Gasteiger partial charge on any atom is 0.227 e. The highest BCUT2D eigenvalue weighted by atomic mass is 35.5. The van der Waals surface area contributed by atoms with Gasteiger partial charge in [0, 0.05) is 43.5 Å². The van der Waals surface area contributed by atoms with E-state index in [-0.39, 0.29) is 11.3 Å². The van der Waals surface area contributed by atoms with Crippen molar-refractivity contribution in [1.82, 2.24) is 20.0 Å². The zero-order chi connectivity index (χ0) is 19.7. The molecule has 4 rings (SSSR count). The van der Waals surface area contributed by atoms with E-state index < -0.39 is 0 Å². The molecule has 0 N–H and O–H groups in total. The first kappa shape index (κ1) is 19.4. The highest BCUT2D eigenvalue weighted by Crippen LogP contribution is 2.48. The van der Waals surface area contributed by atoms with Gasteiger partial charge in [-0.25, -0.2) is 0 Å². The molecule has 0 bridgehead atoms. The fourth-order valence-electron chi connectivity index (χ4n) is 4.12. The van der Waals surface area contributed by atoms with Gasteiger partial charge < -0.3 is 14.2 Å². The second kappa shape index (κ2) is 7.84. The van der Waals surface area contributed by atoms with E-state index in [1.54, 1.807) is 0 Å². The smallest absolute Gasteiger partial charge is 0.227 e. The van der Waals surface area contributed by atoms with Gasteiger partial charge in [-0.3, -0.25) is 4.79 Å². The molecule has 7 heteroatoms. The summed E-state index contributed by atoms with van der Waals surface area (Å²) in [5.74, 6) is 1.37. The molecule has 150 valence electrons. The number of carbonyl (C=O) groups is 1. The van der Waals surface area contributed by atoms with Crippen molar-refractivity contribution >= 4 is 17.5 Å². The van der Waals surface area contributed by atoms with Crippen LogP contribution in [0.4, 0.5) is 0 Å². The van der Waals surface area contributed by atoms with Crippen LogP contribution < -0.4 is 0 Å². The third kappa shape index (κ3) is 3.67. The lowest BCUT2D eigenvalue weighted by atomic mass is 9.64. The molecule has 1 saturated carbocycles. The fraction of sp³-hybridized carbons (Fsp3) is 0.571. The maximum atomic E-state index is 12.6. The first-order chi connectivity index (χ1) is 13.5. The van der Waals surface area contributed by atoms with Gasteiger partial charge in [0.2, 0.25) is 17.7 Å². The first-order valence-corrected chi connectivity index (χ1v) is 10.4. The van der Waals surface area contributed by atoms with Crippen LogP contribution in [0.25, 0.3) is 0 Å². The van der Waals surface area contributed by atoms with Gasteiger partial charge in [-0.05, 0) is 44.5 Å². The Morgan fingerprint density at radius 1 is 1.25 bits per heavy atom. The molecule has 0 unspecified atom stereocenters. The summed E-state index contributed by atoms with van der Waals surface area (Å²) in [5.41, 5.74) is 0.966. The molecule has 2 aromatic rings. The van der Waals surface area contributed by atoms with Crippen molar-refractivity contribution in [2.75, 3.05) is 26.7 Å². The average molecular weight is 403 g/mol. The molecule has 1 aliphatic carbocycles. The van der Waals surface area contributed by atoms with Crippen LogP contribution >= 0.6 is 11.6 Å². The second-order valence-electron chi connectivity index (χ2n) is 8.11. The van der Waals surface area contributed by atoms with E-state index in [0.29, 0.717) is 30.7 Å². The van der Waals surface area contributed by atoms with Crippen LogP contribution in [0.2, 0.25) is 5.02 Å². The molecule has 1 saturated heterocycles. The lowest BCUT2D eigenvalue weighted by Gasteiger charge is -2.39. The van der Waals surface area contributed by atoms with E-state index in [9.17, 15) is 4.79 Å². The van der Waals surface area contributed by atoms with E-state index in [4.69, 9.17) is 16.0 Å². The lowest BCUT2D eigenvalue weighted by Crippen LogP contribution is -2.52. The molecule has 1 aliphatic heterocycles. The van der Waals surface area contributed by atoms with Crippen molar-refractivity contribution < 1.29 is 9.21 Å². The van der Waals surface area contributed by atoms with Crippen LogP contribution in [0.3, 0.4) is 0 Å². The zero-order valence-corrected chi connectivity index (χ0v) is 17.3. The summed E-state index contributed by atoms with van der Waals surface area (Å²) in [6.07, 6.45) is 4.03. The highest BCUT2D eigenvalue weighted by molar-refractivity contribution is 6.30. The van der Waals surface area contributed by atoms with E-state index >= 15 is 0 Å². The molecule has 0 spiro atoms. The maximum absolute atomic E-state index is 12.6. The van der Waals surface area contributed by atoms with Gasteiger partial charge in [0.05, 0.1) is 5.41 Å². The zero-order valence-electron chi connectivity index (χ0n) is 16.5. The normalized spacial score (nSPS) is 22.1. The van der Waals surface area contributed by atoms with Crippen molar-refractivity contribution in [3.63, 3.8) is 0 Å². The number of amides is 1. The van der Waals surface area contributed by atoms with Crippen LogP contribution in [0, 0.1) is 0 Å². The predicted molar refractivity (Wildman–Crippen MR) is 107 cm³/mol. The number of nitrogens with zero attached hydrogens (tertiary/aromatic N) is 4. The molecule has 1 amide bonds. The number of hydrogen-bond acceptors (Lipinski definition) is 5. The Morgan fingerprint density at radius 2 is 2.00 bits per heavy atom. The van der Waals surface area contributed by atoms with Crippen LogP contribution in [-0.2, 0) is 16.6 Å². The average Bonchev–Trinajstić information content (AvgIpc) is 3.12.